The van der Waals surface area contributed by atoms with Crippen LogP contribution in [0.2, 0.25) is 0 Å². The molecule has 1 aromatic carbocycles. The van der Waals surface area contributed by atoms with Gasteiger partial charge in [-0.25, -0.2) is 4.79 Å². The minimum Gasteiger partial charge on any atom is -0.478 e. The predicted molar refractivity (Wildman–Crippen MR) is 127 cm³/mol. The van der Waals surface area contributed by atoms with Crippen molar-refractivity contribution in [3.63, 3.8) is 0 Å². The van der Waals surface area contributed by atoms with Crippen LogP contribution in [0.3, 0.4) is 0 Å². The van der Waals surface area contributed by atoms with Crippen molar-refractivity contribution in [1.82, 2.24) is 0 Å². The van der Waals surface area contributed by atoms with Crippen LogP contribution in [0.15, 0.2) is 29.8 Å². The molecule has 0 amide bonds. The number of carboxylic acid groups (broad SMARTS) is 1. The summed E-state index contributed by atoms with van der Waals surface area (Å²) in [5.41, 5.74) is 8.58. The van der Waals surface area contributed by atoms with Crippen LogP contribution in [-0.2, 0) is 9.59 Å². The Morgan fingerprint density at radius 3 is 2.55 bits per heavy atom. The second kappa shape index (κ2) is 7.54. The molecule has 4 aliphatic carbocycles. The third-order valence-corrected chi connectivity index (χ3v) is 10.3. The molecule has 5 rings (SSSR count). The zero-order chi connectivity index (χ0) is 23.7. The number of allylic oxidation sites excluding steroid dienone is 1. The van der Waals surface area contributed by atoms with E-state index in [0.717, 1.165) is 38.5 Å². The highest BCUT2D eigenvalue weighted by atomic mass is 16.4. The highest BCUT2D eigenvalue weighted by Crippen LogP contribution is 2.69. The van der Waals surface area contributed by atoms with Crippen molar-refractivity contribution in [1.29, 1.82) is 0 Å². The summed E-state index contributed by atoms with van der Waals surface area (Å²) < 4.78 is 0. The van der Waals surface area contributed by atoms with Crippen molar-refractivity contribution in [2.45, 2.75) is 71.6 Å². The minimum atomic E-state index is -0.971. The average molecular weight is 450 g/mol. The van der Waals surface area contributed by atoms with E-state index in [0.29, 0.717) is 41.2 Å². The first kappa shape index (κ1) is 22.4. The number of carbonyl (C=O) groups excluding carboxylic acids is 2. The lowest BCUT2D eigenvalue weighted by Gasteiger charge is -2.60. The van der Waals surface area contributed by atoms with Gasteiger partial charge in [-0.05, 0) is 104 Å². The summed E-state index contributed by atoms with van der Waals surface area (Å²) >= 11 is 0. The van der Waals surface area contributed by atoms with Crippen LogP contribution >= 0.6 is 0 Å². The van der Waals surface area contributed by atoms with Crippen LogP contribution in [0.25, 0.3) is 0 Å². The Morgan fingerprint density at radius 2 is 1.85 bits per heavy atom. The van der Waals surface area contributed by atoms with E-state index in [1.165, 1.54) is 5.57 Å². The lowest BCUT2D eigenvalue weighted by Crippen LogP contribution is -2.53. The van der Waals surface area contributed by atoms with Crippen LogP contribution in [0.4, 0.5) is 5.69 Å². The smallest absolute Gasteiger partial charge is 0.335 e. The minimum absolute atomic E-state index is 0.0635. The Labute approximate surface area is 195 Å². The molecule has 1 unspecified atom stereocenters. The summed E-state index contributed by atoms with van der Waals surface area (Å²) in [7, 11) is 0. The van der Waals surface area contributed by atoms with Gasteiger partial charge in [0.2, 0.25) is 0 Å². The summed E-state index contributed by atoms with van der Waals surface area (Å²) in [5.74, 6) is 0.798. The van der Waals surface area contributed by atoms with Crippen molar-refractivity contribution >= 4 is 23.2 Å². The van der Waals surface area contributed by atoms with Gasteiger partial charge in [0.05, 0.1) is 5.56 Å². The number of anilines is 1. The van der Waals surface area contributed by atoms with Crippen molar-refractivity contribution in [2.75, 3.05) is 5.73 Å². The predicted octanol–water partition coefficient (Wildman–Crippen LogP) is 5.40. The molecule has 7 atom stereocenters. The lowest BCUT2D eigenvalue weighted by molar-refractivity contribution is -0.129. The summed E-state index contributed by atoms with van der Waals surface area (Å²) in [6.45, 7) is 6.37. The van der Waals surface area contributed by atoms with Gasteiger partial charge in [0.25, 0.3) is 0 Å². The third-order valence-electron chi connectivity index (χ3n) is 10.3. The van der Waals surface area contributed by atoms with E-state index in [2.05, 4.69) is 13.8 Å². The molecule has 5 nitrogen and oxygen atoms in total. The number of carboxylic acids is 1. The van der Waals surface area contributed by atoms with Gasteiger partial charge in [-0.2, -0.15) is 0 Å². The first-order valence-corrected chi connectivity index (χ1v) is 12.4. The summed E-state index contributed by atoms with van der Waals surface area (Å²) in [5, 5.41) is 9.93. The first-order chi connectivity index (χ1) is 15.6. The number of hydrogen-bond donors (Lipinski definition) is 2. The molecule has 176 valence electrons. The van der Waals surface area contributed by atoms with E-state index < -0.39 is 5.97 Å². The number of fused-ring (bicyclic) bond motifs is 5. The monoisotopic (exact) mass is 449 g/mol. The van der Waals surface area contributed by atoms with Crippen LogP contribution < -0.4 is 5.73 Å². The second-order valence-electron chi connectivity index (χ2n) is 11.5. The van der Waals surface area contributed by atoms with Gasteiger partial charge in [-0.3, -0.25) is 9.59 Å². The van der Waals surface area contributed by atoms with Gasteiger partial charge < -0.3 is 10.8 Å². The van der Waals surface area contributed by atoms with Gasteiger partial charge in [0.15, 0.2) is 5.78 Å². The number of nitrogens with two attached hydrogens (primary N) is 1. The van der Waals surface area contributed by atoms with Crippen molar-refractivity contribution in [2.24, 2.45) is 34.5 Å². The third kappa shape index (κ3) is 3.14. The number of Topliss-reactive ketones (excluding diaryl/α,β-unsaturated/α-hetero) is 1. The molecule has 0 bridgehead atoms. The van der Waals surface area contributed by atoms with Crippen molar-refractivity contribution in [3.05, 3.63) is 41.0 Å². The van der Waals surface area contributed by atoms with Gasteiger partial charge in [-0.1, -0.05) is 19.4 Å². The molecule has 3 saturated carbocycles. The maximum Gasteiger partial charge on any atom is 0.335 e. The van der Waals surface area contributed by atoms with E-state index >= 15 is 0 Å². The Kier molecular flexibility index (Phi) is 5.11. The van der Waals surface area contributed by atoms with Crippen LogP contribution in [0.5, 0.6) is 0 Å². The molecule has 0 aromatic heterocycles. The fourth-order valence-corrected chi connectivity index (χ4v) is 8.81. The van der Waals surface area contributed by atoms with Crippen LogP contribution in [0, 0.1) is 34.5 Å². The molecule has 33 heavy (non-hydrogen) atoms. The normalized spacial score (nSPS) is 39.8. The molecule has 0 aliphatic heterocycles. The van der Waals surface area contributed by atoms with E-state index in [-0.39, 0.29) is 34.0 Å². The first-order valence-electron chi connectivity index (χ1n) is 12.4. The van der Waals surface area contributed by atoms with Gasteiger partial charge >= 0.3 is 5.97 Å². The van der Waals surface area contributed by atoms with E-state index in [9.17, 15) is 19.5 Å². The quantitative estimate of drug-likeness (QED) is 0.602. The molecule has 1 aromatic rings. The molecule has 3 fully saturated rings. The van der Waals surface area contributed by atoms with Crippen molar-refractivity contribution in [3.8, 4) is 0 Å². The number of hydrogen-bond acceptors (Lipinski definition) is 4. The van der Waals surface area contributed by atoms with E-state index in [1.54, 1.807) is 25.1 Å². The molecular formula is C28H35NO4. The van der Waals surface area contributed by atoms with Crippen LogP contribution in [0.1, 0.15) is 87.6 Å². The highest BCUT2D eigenvalue weighted by molar-refractivity contribution is 5.94. The molecule has 4 aliphatic rings. The molecule has 3 N–H and O–H groups in total. The number of carbonyl (C=O) groups is 3. The molecular weight excluding hydrogens is 414 g/mol. The van der Waals surface area contributed by atoms with Gasteiger partial charge in [0, 0.05) is 23.9 Å². The average Bonchev–Trinajstić information content (AvgIpc) is 3.11. The maximum absolute atomic E-state index is 12.8. The standard InChI is InChI=1S/C28H35NO4/c1-15(30)22-8-9-23-20-6-4-16-12-18(31)14-25(21-13-17(29)5-7-19(21)26(32)33)28(16,3)24(20)10-11-27(22,23)2/h5,7,12-13,20,22-25H,4,6,8-11,14,29H2,1-3H3,(H,32,33)/t20-,22+,23-,24-,25?,27+,28+/m0/s1. The van der Waals surface area contributed by atoms with Crippen molar-refractivity contribution < 1.29 is 19.5 Å². The zero-order valence-corrected chi connectivity index (χ0v) is 19.9. The number of benzene rings is 1. The Balaban J connectivity index is 1.61. The fourth-order valence-electron chi connectivity index (χ4n) is 8.81. The molecule has 5 heteroatoms. The second-order valence-corrected chi connectivity index (χ2v) is 11.5. The molecule has 0 saturated heterocycles. The van der Waals surface area contributed by atoms with Crippen LogP contribution in [-0.4, -0.2) is 22.6 Å². The number of aromatic carboxylic acids is 1. The van der Waals surface area contributed by atoms with E-state index in [1.807, 2.05) is 6.08 Å². The fraction of sp³-hybridized carbons (Fsp3) is 0.607. The summed E-state index contributed by atoms with van der Waals surface area (Å²) in [6.07, 6.45) is 8.24. The molecule has 0 radical (unpaired) electrons. The zero-order valence-electron chi connectivity index (χ0n) is 19.9. The number of nitrogen functional groups attached to an aromatic ring is 1. The van der Waals surface area contributed by atoms with Gasteiger partial charge in [-0.15, -0.1) is 0 Å². The maximum atomic E-state index is 12.8. The SMILES string of the molecule is CC(=O)[C@H]1CC[C@H]2[C@@H]3CCC4=CC(=O)CC(c5cc(N)ccc5C(=O)O)[C@@]4(C)[C@H]3CC[C@]12C. The number of rotatable bonds is 3. The summed E-state index contributed by atoms with van der Waals surface area (Å²) in [6, 6.07) is 5.01. The van der Waals surface area contributed by atoms with E-state index in [4.69, 9.17) is 5.73 Å². The molecule has 0 spiro atoms. The Hall–Kier alpha value is -2.43. The summed E-state index contributed by atoms with van der Waals surface area (Å²) in [4.78, 5) is 37.4. The largest absolute Gasteiger partial charge is 0.478 e. The topological polar surface area (TPSA) is 97.5 Å². The highest BCUT2D eigenvalue weighted by Gasteiger charge is 2.61. The Bertz CT molecular complexity index is 1070. The number of ketones is 2. The Morgan fingerprint density at radius 1 is 1.09 bits per heavy atom. The van der Waals surface area contributed by atoms with Gasteiger partial charge in [0.1, 0.15) is 5.78 Å². The lowest BCUT2D eigenvalue weighted by atomic mass is 9.44. The molecule has 0 heterocycles.